The van der Waals surface area contributed by atoms with Crippen LogP contribution in [0.1, 0.15) is 19.3 Å². The smallest absolute Gasteiger partial charge is 0.320 e. The van der Waals surface area contributed by atoms with Crippen molar-refractivity contribution < 1.29 is 14.6 Å². The lowest BCUT2D eigenvalue weighted by Gasteiger charge is -2.41. The van der Waals surface area contributed by atoms with Crippen molar-refractivity contribution in [1.29, 1.82) is 0 Å². The van der Waals surface area contributed by atoms with Crippen LogP contribution in [0.3, 0.4) is 0 Å². The van der Waals surface area contributed by atoms with E-state index in [9.17, 15) is 4.79 Å². The van der Waals surface area contributed by atoms with Crippen molar-refractivity contribution in [1.82, 2.24) is 5.32 Å². The van der Waals surface area contributed by atoms with Gasteiger partial charge < -0.3 is 15.2 Å². The fraction of sp³-hybridized carbons (Fsp3) is 0.889. The topological polar surface area (TPSA) is 58.6 Å². The van der Waals surface area contributed by atoms with Crippen LogP contribution in [0.25, 0.3) is 0 Å². The predicted octanol–water partition coefficient (Wildman–Crippen LogP) is 0.427. The zero-order valence-corrected chi connectivity index (χ0v) is 9.84. The van der Waals surface area contributed by atoms with Crippen molar-refractivity contribution in [2.45, 2.75) is 29.6 Å². The molecule has 1 unspecified atom stereocenters. The first-order valence-corrected chi connectivity index (χ1v) is 5.63. The molecule has 0 aliphatic heterocycles. The molecule has 1 fully saturated rings. The number of hydrogen-bond donors (Lipinski definition) is 2. The summed E-state index contributed by atoms with van der Waals surface area (Å²) in [6, 6.07) is 0. The van der Waals surface area contributed by atoms with Gasteiger partial charge in [0.15, 0.2) is 0 Å². The third-order valence-corrected chi connectivity index (χ3v) is 3.42. The summed E-state index contributed by atoms with van der Waals surface area (Å²) < 4.78 is 4.57. The van der Waals surface area contributed by atoms with E-state index in [1.807, 2.05) is 0 Å². The Labute approximate surface area is 92.1 Å². The van der Waals surface area contributed by atoms with Crippen molar-refractivity contribution in [3.63, 3.8) is 0 Å². The number of methoxy groups -OCH3 is 1. The molecule has 82 valence electrons. The highest BCUT2D eigenvalue weighted by Gasteiger charge is 2.36. The van der Waals surface area contributed by atoms with Crippen molar-refractivity contribution in [2.24, 2.45) is 0 Å². The first-order chi connectivity index (χ1) is 6.63. The molecular weight excluding hydrogens is 250 g/mol. The number of ether oxygens (including phenoxy) is 1. The maximum Gasteiger partial charge on any atom is 0.320 e. The van der Waals surface area contributed by atoms with E-state index >= 15 is 0 Å². The zero-order chi connectivity index (χ0) is 10.6. The predicted molar refractivity (Wildman–Crippen MR) is 56.4 cm³/mol. The molecule has 1 rings (SSSR count). The van der Waals surface area contributed by atoms with Crippen LogP contribution in [0.4, 0.5) is 0 Å². The van der Waals surface area contributed by atoms with Crippen LogP contribution in [0.5, 0.6) is 0 Å². The Hall–Kier alpha value is -0.130. The van der Waals surface area contributed by atoms with Crippen LogP contribution in [0.15, 0.2) is 0 Å². The molecular formula is C9H16BrNO3. The standard InChI is InChI=1S/C9H16BrNO3/c1-14-8(13)7(10)5-11-9(6-12)3-2-4-9/h7,11-12H,2-6H2,1H3. The van der Waals surface area contributed by atoms with Crippen molar-refractivity contribution in [3.8, 4) is 0 Å². The maximum atomic E-state index is 11.1. The van der Waals surface area contributed by atoms with Gasteiger partial charge in [-0.25, -0.2) is 0 Å². The average Bonchev–Trinajstić information content (AvgIpc) is 2.15. The minimum atomic E-state index is -0.337. The van der Waals surface area contributed by atoms with E-state index < -0.39 is 0 Å². The quantitative estimate of drug-likeness (QED) is 0.559. The van der Waals surface area contributed by atoms with Gasteiger partial charge in [-0.1, -0.05) is 15.9 Å². The molecule has 5 heteroatoms. The summed E-state index contributed by atoms with van der Waals surface area (Å²) in [7, 11) is 1.36. The Morgan fingerprint density at radius 3 is 2.71 bits per heavy atom. The molecule has 1 aliphatic carbocycles. The van der Waals surface area contributed by atoms with Gasteiger partial charge in [0.2, 0.25) is 0 Å². The van der Waals surface area contributed by atoms with Crippen molar-refractivity contribution in [2.75, 3.05) is 20.3 Å². The first-order valence-electron chi connectivity index (χ1n) is 4.71. The fourth-order valence-electron chi connectivity index (χ4n) is 1.51. The first kappa shape index (κ1) is 11.9. The van der Waals surface area contributed by atoms with Crippen LogP contribution >= 0.6 is 15.9 Å². The lowest BCUT2D eigenvalue weighted by Crippen LogP contribution is -2.55. The molecule has 0 aromatic heterocycles. The highest BCUT2D eigenvalue weighted by molar-refractivity contribution is 9.10. The van der Waals surface area contributed by atoms with Gasteiger partial charge >= 0.3 is 5.97 Å². The third-order valence-electron chi connectivity index (χ3n) is 2.73. The zero-order valence-electron chi connectivity index (χ0n) is 8.25. The molecule has 1 atom stereocenters. The molecule has 1 aliphatic rings. The Morgan fingerprint density at radius 2 is 2.36 bits per heavy atom. The van der Waals surface area contributed by atoms with E-state index in [2.05, 4.69) is 26.0 Å². The number of nitrogens with one attached hydrogen (secondary N) is 1. The molecule has 14 heavy (non-hydrogen) atoms. The lowest BCUT2D eigenvalue weighted by atomic mass is 9.77. The summed E-state index contributed by atoms with van der Waals surface area (Å²) in [5, 5.41) is 12.4. The summed E-state index contributed by atoms with van der Waals surface area (Å²) in [5.74, 6) is -0.287. The van der Waals surface area contributed by atoms with Crippen LogP contribution < -0.4 is 5.32 Å². The second kappa shape index (κ2) is 5.09. The van der Waals surface area contributed by atoms with Crippen molar-refractivity contribution >= 4 is 21.9 Å². The number of aliphatic hydroxyl groups excluding tert-OH is 1. The summed E-state index contributed by atoms with van der Waals surface area (Å²) in [5.41, 5.74) is -0.153. The number of carbonyl (C=O) groups is 1. The second-order valence-electron chi connectivity index (χ2n) is 3.66. The number of rotatable bonds is 5. The molecule has 0 heterocycles. The van der Waals surface area contributed by atoms with Crippen molar-refractivity contribution in [3.05, 3.63) is 0 Å². The third kappa shape index (κ3) is 2.68. The van der Waals surface area contributed by atoms with E-state index in [1.54, 1.807) is 0 Å². The van der Waals surface area contributed by atoms with E-state index in [4.69, 9.17) is 5.11 Å². The summed E-state index contributed by atoms with van der Waals surface area (Å²) in [6.07, 6.45) is 3.09. The molecule has 0 spiro atoms. The molecule has 0 aromatic carbocycles. The highest BCUT2D eigenvalue weighted by atomic mass is 79.9. The van der Waals surface area contributed by atoms with Crippen LogP contribution in [0, 0.1) is 0 Å². The molecule has 2 N–H and O–H groups in total. The average molecular weight is 266 g/mol. The van der Waals surface area contributed by atoms with Gasteiger partial charge in [-0.2, -0.15) is 0 Å². The number of aliphatic hydroxyl groups is 1. The Balaban J connectivity index is 2.28. The number of carbonyl (C=O) groups excluding carboxylic acids is 1. The number of halogens is 1. The van der Waals surface area contributed by atoms with E-state index in [0.717, 1.165) is 19.3 Å². The summed E-state index contributed by atoms with van der Waals surface area (Å²) >= 11 is 3.22. The Bertz CT molecular complexity index is 201. The van der Waals surface area contributed by atoms with Gasteiger partial charge in [0, 0.05) is 12.1 Å². The molecule has 0 bridgehead atoms. The van der Waals surface area contributed by atoms with Gasteiger partial charge in [0.25, 0.3) is 0 Å². The van der Waals surface area contributed by atoms with E-state index in [1.165, 1.54) is 7.11 Å². The summed E-state index contributed by atoms with van der Waals surface area (Å²) in [4.78, 5) is 10.7. The molecule has 0 saturated heterocycles. The number of hydrogen-bond acceptors (Lipinski definition) is 4. The molecule has 0 aromatic rings. The van der Waals surface area contributed by atoms with Gasteiger partial charge in [0.1, 0.15) is 4.83 Å². The highest BCUT2D eigenvalue weighted by Crippen LogP contribution is 2.31. The van der Waals surface area contributed by atoms with E-state index in [0.29, 0.717) is 6.54 Å². The fourth-order valence-corrected chi connectivity index (χ4v) is 1.86. The van der Waals surface area contributed by atoms with Crippen LogP contribution in [-0.2, 0) is 9.53 Å². The lowest BCUT2D eigenvalue weighted by molar-refractivity contribution is -0.139. The molecule has 1 saturated carbocycles. The SMILES string of the molecule is COC(=O)C(Br)CNC1(CO)CCC1. The van der Waals surface area contributed by atoms with E-state index in [-0.39, 0.29) is 22.9 Å². The molecule has 0 radical (unpaired) electrons. The van der Waals surface area contributed by atoms with Gasteiger partial charge in [-0.3, -0.25) is 4.79 Å². The minimum Gasteiger partial charge on any atom is -0.468 e. The van der Waals surface area contributed by atoms with Gasteiger partial charge in [-0.15, -0.1) is 0 Å². The van der Waals surface area contributed by atoms with Crippen LogP contribution in [-0.4, -0.2) is 41.7 Å². The molecule has 4 nitrogen and oxygen atoms in total. The normalized spacial score (nSPS) is 21.1. The minimum absolute atomic E-state index is 0.133. The number of esters is 1. The van der Waals surface area contributed by atoms with Gasteiger partial charge in [0.05, 0.1) is 13.7 Å². The monoisotopic (exact) mass is 265 g/mol. The second-order valence-corrected chi connectivity index (χ2v) is 4.77. The largest absolute Gasteiger partial charge is 0.468 e. The Kier molecular flexibility index (Phi) is 4.34. The number of alkyl halides is 1. The maximum absolute atomic E-state index is 11.1. The van der Waals surface area contributed by atoms with Crippen LogP contribution in [0.2, 0.25) is 0 Å². The van der Waals surface area contributed by atoms with Gasteiger partial charge in [-0.05, 0) is 19.3 Å². The summed E-state index contributed by atoms with van der Waals surface area (Å²) in [6.45, 7) is 0.626. The Morgan fingerprint density at radius 1 is 1.71 bits per heavy atom. The molecule has 0 amide bonds.